The zero-order chi connectivity index (χ0) is 14.7. The molecule has 0 bridgehead atoms. The maximum atomic E-state index is 6.03. The van der Waals surface area contributed by atoms with Crippen LogP contribution in [0.1, 0.15) is 17.0 Å². The summed E-state index contributed by atoms with van der Waals surface area (Å²) >= 11 is 6.74. The highest BCUT2D eigenvalue weighted by Gasteiger charge is 2.14. The first-order valence-corrected chi connectivity index (χ1v) is 7.75. The molecule has 2 rings (SSSR count). The number of pyridine rings is 1. The number of thioether (sulfide) groups is 1. The van der Waals surface area contributed by atoms with Crippen molar-refractivity contribution in [3.8, 4) is 11.5 Å². The van der Waals surface area contributed by atoms with Gasteiger partial charge in [-0.3, -0.25) is 4.98 Å². The first kappa shape index (κ1) is 14.8. The van der Waals surface area contributed by atoms with Crippen LogP contribution in [0.3, 0.4) is 0 Å². The van der Waals surface area contributed by atoms with Gasteiger partial charge in [0.25, 0.3) is 0 Å². The fourth-order valence-corrected chi connectivity index (χ4v) is 2.77. The lowest BCUT2D eigenvalue weighted by molar-refractivity contribution is 0.468. The Morgan fingerprint density at radius 3 is 2.60 bits per heavy atom. The summed E-state index contributed by atoms with van der Waals surface area (Å²) in [6.45, 7) is 3.80. The molecule has 0 saturated carbocycles. The van der Waals surface area contributed by atoms with Gasteiger partial charge in [-0.2, -0.15) is 0 Å². The Hall–Kier alpha value is -1.59. The van der Waals surface area contributed by atoms with E-state index in [0.717, 1.165) is 22.0 Å². The molecule has 1 aromatic heterocycles. The van der Waals surface area contributed by atoms with E-state index in [4.69, 9.17) is 22.7 Å². The number of aromatic nitrogens is 1. The Morgan fingerprint density at radius 2 is 1.95 bits per heavy atom. The second-order valence-electron chi connectivity index (χ2n) is 4.34. The van der Waals surface area contributed by atoms with Crippen LogP contribution in [0.2, 0.25) is 0 Å². The molecule has 0 amide bonds. The minimum absolute atomic E-state index is 0.298. The molecule has 0 radical (unpaired) electrons. The van der Waals surface area contributed by atoms with Gasteiger partial charge in [-0.15, -0.1) is 11.8 Å². The number of rotatable bonds is 4. The highest BCUT2D eigenvalue weighted by molar-refractivity contribution is 7.98. The molecular formula is C15H16N2OS2. The van der Waals surface area contributed by atoms with Gasteiger partial charge < -0.3 is 10.5 Å². The van der Waals surface area contributed by atoms with E-state index >= 15 is 0 Å². The molecule has 3 nitrogen and oxygen atoms in total. The first-order valence-electron chi connectivity index (χ1n) is 6.12. The highest BCUT2D eigenvalue weighted by Crippen LogP contribution is 2.33. The zero-order valence-electron chi connectivity index (χ0n) is 11.6. The van der Waals surface area contributed by atoms with Crippen LogP contribution in [-0.4, -0.2) is 16.2 Å². The predicted molar refractivity (Wildman–Crippen MR) is 87.9 cm³/mol. The molecule has 0 saturated heterocycles. The van der Waals surface area contributed by atoms with Crippen LogP contribution in [-0.2, 0) is 0 Å². The Morgan fingerprint density at radius 1 is 1.25 bits per heavy atom. The molecule has 0 aliphatic carbocycles. The second-order valence-corrected chi connectivity index (χ2v) is 5.63. The molecule has 0 aliphatic rings. The van der Waals surface area contributed by atoms with Gasteiger partial charge >= 0.3 is 0 Å². The van der Waals surface area contributed by atoms with Crippen LogP contribution in [0.15, 0.2) is 35.2 Å². The molecule has 0 aliphatic heterocycles. The fourth-order valence-electron chi connectivity index (χ4n) is 1.99. The molecule has 104 valence electrons. The third-order valence-corrected chi connectivity index (χ3v) is 3.81. The van der Waals surface area contributed by atoms with Crippen molar-refractivity contribution in [3.63, 3.8) is 0 Å². The van der Waals surface area contributed by atoms with Gasteiger partial charge in [-0.05, 0) is 32.2 Å². The standard InChI is InChI=1S/C15H16N2OS2/c1-9-8-12(14(15(16)19)10(2)17-9)18-11-6-4-5-7-13(11)20-3/h4-8H,1-3H3,(H2,16,19). The Balaban J connectivity index is 2.50. The number of para-hydroxylation sites is 1. The molecule has 20 heavy (non-hydrogen) atoms. The van der Waals surface area contributed by atoms with Crippen molar-refractivity contribution in [2.75, 3.05) is 6.26 Å². The third-order valence-electron chi connectivity index (χ3n) is 2.83. The van der Waals surface area contributed by atoms with E-state index in [1.807, 2.05) is 50.4 Å². The Bertz CT molecular complexity index is 656. The Labute approximate surface area is 128 Å². The number of nitrogens with zero attached hydrogens (tertiary/aromatic N) is 1. The van der Waals surface area contributed by atoms with Crippen LogP contribution in [0.5, 0.6) is 11.5 Å². The summed E-state index contributed by atoms with van der Waals surface area (Å²) in [6.07, 6.45) is 2.01. The highest BCUT2D eigenvalue weighted by atomic mass is 32.2. The van der Waals surface area contributed by atoms with E-state index < -0.39 is 0 Å². The van der Waals surface area contributed by atoms with E-state index in [1.165, 1.54) is 0 Å². The minimum Gasteiger partial charge on any atom is -0.455 e. The third kappa shape index (κ3) is 3.11. The number of hydrogen-bond donors (Lipinski definition) is 1. The molecule has 2 N–H and O–H groups in total. The van der Waals surface area contributed by atoms with Gasteiger partial charge in [0.15, 0.2) is 0 Å². The van der Waals surface area contributed by atoms with Crippen molar-refractivity contribution in [1.82, 2.24) is 4.98 Å². The SMILES string of the molecule is CSc1ccccc1Oc1cc(C)nc(C)c1C(N)=S. The fraction of sp³-hybridized carbons (Fsp3) is 0.200. The quantitative estimate of drug-likeness (QED) is 0.687. The van der Waals surface area contributed by atoms with Crippen LogP contribution >= 0.6 is 24.0 Å². The van der Waals surface area contributed by atoms with Crippen molar-refractivity contribution in [1.29, 1.82) is 0 Å². The minimum atomic E-state index is 0.298. The normalized spacial score (nSPS) is 10.3. The van der Waals surface area contributed by atoms with Crippen molar-refractivity contribution in [2.24, 2.45) is 5.73 Å². The monoisotopic (exact) mass is 304 g/mol. The number of ether oxygens (including phenoxy) is 1. The first-order chi connectivity index (χ1) is 9.52. The van der Waals surface area contributed by atoms with Gasteiger partial charge in [0.1, 0.15) is 16.5 Å². The molecule has 0 spiro atoms. The molecule has 0 atom stereocenters. The average molecular weight is 304 g/mol. The summed E-state index contributed by atoms with van der Waals surface area (Å²) in [6, 6.07) is 9.73. The van der Waals surface area contributed by atoms with Crippen molar-refractivity contribution in [2.45, 2.75) is 18.7 Å². The van der Waals surface area contributed by atoms with Crippen molar-refractivity contribution < 1.29 is 4.74 Å². The average Bonchev–Trinajstić information content (AvgIpc) is 2.38. The summed E-state index contributed by atoms with van der Waals surface area (Å²) < 4.78 is 6.03. The summed E-state index contributed by atoms with van der Waals surface area (Å²) in [7, 11) is 0. The van der Waals surface area contributed by atoms with Gasteiger partial charge in [-0.25, -0.2) is 0 Å². The molecule has 0 unspecified atom stereocenters. The van der Waals surface area contributed by atoms with E-state index in [0.29, 0.717) is 16.3 Å². The summed E-state index contributed by atoms with van der Waals surface area (Å²) in [5, 5.41) is 0. The second kappa shape index (κ2) is 6.24. The zero-order valence-corrected chi connectivity index (χ0v) is 13.3. The van der Waals surface area contributed by atoms with Crippen molar-refractivity contribution in [3.05, 3.63) is 47.3 Å². The molecular weight excluding hydrogens is 288 g/mol. The lowest BCUT2D eigenvalue weighted by atomic mass is 10.1. The lowest BCUT2D eigenvalue weighted by Gasteiger charge is -2.15. The molecule has 0 fully saturated rings. The van der Waals surface area contributed by atoms with Crippen molar-refractivity contribution >= 4 is 29.0 Å². The summed E-state index contributed by atoms with van der Waals surface area (Å²) in [4.78, 5) is 5.75. The Kier molecular flexibility index (Phi) is 4.62. The van der Waals surface area contributed by atoms with E-state index in [9.17, 15) is 0 Å². The largest absolute Gasteiger partial charge is 0.455 e. The van der Waals surface area contributed by atoms with Crippen LogP contribution in [0, 0.1) is 13.8 Å². The predicted octanol–water partition coefficient (Wildman–Crippen LogP) is 3.85. The molecule has 5 heteroatoms. The van der Waals surface area contributed by atoms with Crippen LogP contribution in [0.25, 0.3) is 0 Å². The summed E-state index contributed by atoms with van der Waals surface area (Å²) in [5.74, 6) is 1.45. The topological polar surface area (TPSA) is 48.1 Å². The van der Waals surface area contributed by atoms with Crippen LogP contribution < -0.4 is 10.5 Å². The maximum Gasteiger partial charge on any atom is 0.141 e. The van der Waals surface area contributed by atoms with Gasteiger partial charge in [0.05, 0.1) is 11.3 Å². The smallest absolute Gasteiger partial charge is 0.141 e. The van der Waals surface area contributed by atoms with Gasteiger partial charge in [-0.1, -0.05) is 24.4 Å². The number of benzene rings is 1. The molecule has 1 aromatic carbocycles. The number of aryl methyl sites for hydroxylation is 2. The van der Waals surface area contributed by atoms with Gasteiger partial charge in [0, 0.05) is 16.7 Å². The van der Waals surface area contributed by atoms with E-state index in [1.54, 1.807) is 11.8 Å². The molecule has 1 heterocycles. The van der Waals surface area contributed by atoms with Crippen LogP contribution in [0.4, 0.5) is 0 Å². The number of thiocarbonyl (C=S) groups is 1. The number of nitrogens with two attached hydrogens (primary N) is 1. The number of hydrogen-bond acceptors (Lipinski definition) is 4. The van der Waals surface area contributed by atoms with Gasteiger partial charge in [0.2, 0.25) is 0 Å². The van der Waals surface area contributed by atoms with E-state index in [2.05, 4.69) is 4.98 Å². The van der Waals surface area contributed by atoms with E-state index in [-0.39, 0.29) is 0 Å². The maximum absolute atomic E-state index is 6.03. The molecule has 2 aromatic rings. The lowest BCUT2D eigenvalue weighted by Crippen LogP contribution is -2.14. The summed E-state index contributed by atoms with van der Waals surface area (Å²) in [5.41, 5.74) is 8.15.